The normalized spacial score (nSPS) is 10.9. The quantitative estimate of drug-likeness (QED) is 0.522. The number of halogens is 1. The summed E-state index contributed by atoms with van der Waals surface area (Å²) in [6, 6.07) is 12.9. The van der Waals surface area contributed by atoms with Crippen LogP contribution in [0, 0.1) is 5.82 Å². The topological polar surface area (TPSA) is 104 Å². The first-order valence-corrected chi connectivity index (χ1v) is 9.00. The summed E-state index contributed by atoms with van der Waals surface area (Å²) < 4.78 is 21.1. The molecule has 0 atom stereocenters. The van der Waals surface area contributed by atoms with Gasteiger partial charge in [-0.05, 0) is 35.9 Å². The summed E-state index contributed by atoms with van der Waals surface area (Å²) in [6.07, 6.45) is 1.27. The Labute approximate surface area is 169 Å². The Kier molecular flexibility index (Phi) is 5.21. The minimum atomic E-state index is -0.494. The van der Waals surface area contributed by atoms with Crippen LogP contribution in [0.1, 0.15) is 5.56 Å². The summed E-state index contributed by atoms with van der Waals surface area (Å²) >= 11 is 0. The van der Waals surface area contributed by atoms with Crippen LogP contribution >= 0.6 is 0 Å². The minimum absolute atomic E-state index is 0.0546. The Morgan fingerprint density at radius 2 is 2.03 bits per heavy atom. The molecular formula is C20H17FN6O3. The molecule has 0 unspecified atom stereocenters. The van der Waals surface area contributed by atoms with Gasteiger partial charge in [-0.2, -0.15) is 0 Å². The maximum Gasteiger partial charge on any atom is 0.283 e. The van der Waals surface area contributed by atoms with E-state index in [0.29, 0.717) is 23.6 Å². The van der Waals surface area contributed by atoms with E-state index < -0.39 is 17.3 Å². The number of amides is 1. The second kappa shape index (κ2) is 8.11. The van der Waals surface area contributed by atoms with Crippen molar-refractivity contribution in [2.45, 2.75) is 13.1 Å². The van der Waals surface area contributed by atoms with Gasteiger partial charge in [-0.15, -0.1) is 5.10 Å². The number of nitrogens with zero attached hydrogens (tertiary/aromatic N) is 5. The first kappa shape index (κ1) is 19.2. The van der Waals surface area contributed by atoms with Crippen molar-refractivity contribution in [3.63, 3.8) is 0 Å². The lowest BCUT2D eigenvalue weighted by molar-refractivity contribution is -0.116. The summed E-state index contributed by atoms with van der Waals surface area (Å²) in [5.41, 5.74) is 1.07. The summed E-state index contributed by atoms with van der Waals surface area (Å²) in [7, 11) is 1.58. The molecule has 2 aromatic heterocycles. The van der Waals surface area contributed by atoms with Gasteiger partial charge in [0.25, 0.3) is 5.56 Å². The van der Waals surface area contributed by atoms with Crippen LogP contribution in [0.2, 0.25) is 0 Å². The Hall–Kier alpha value is -4.08. The third kappa shape index (κ3) is 4.02. The van der Waals surface area contributed by atoms with Gasteiger partial charge in [0.05, 0.1) is 13.7 Å². The predicted molar refractivity (Wildman–Crippen MR) is 107 cm³/mol. The highest BCUT2D eigenvalue weighted by Gasteiger charge is 2.14. The van der Waals surface area contributed by atoms with Crippen LogP contribution in [-0.4, -0.2) is 37.6 Å². The number of rotatable bonds is 6. The van der Waals surface area contributed by atoms with E-state index in [0.717, 1.165) is 10.1 Å². The SMILES string of the molecule is COc1cccc(Cn2nnc3c(=O)n(CC(=O)Nc4cccc(F)c4)cnc32)c1. The van der Waals surface area contributed by atoms with Crippen molar-refractivity contribution in [3.05, 3.63) is 76.6 Å². The number of nitrogens with one attached hydrogen (secondary N) is 1. The van der Waals surface area contributed by atoms with E-state index in [-0.39, 0.29) is 12.1 Å². The van der Waals surface area contributed by atoms with Crippen LogP contribution in [0.4, 0.5) is 10.1 Å². The number of carbonyl (C=O) groups excluding carboxylic acids is 1. The van der Waals surface area contributed by atoms with E-state index in [1.165, 1.54) is 29.2 Å². The Balaban J connectivity index is 1.54. The number of hydrogen-bond donors (Lipinski definition) is 1. The molecule has 4 aromatic rings. The van der Waals surface area contributed by atoms with Gasteiger partial charge in [0, 0.05) is 5.69 Å². The fraction of sp³-hybridized carbons (Fsp3) is 0.150. The van der Waals surface area contributed by atoms with E-state index in [1.807, 2.05) is 24.3 Å². The molecule has 4 rings (SSSR count). The van der Waals surface area contributed by atoms with Gasteiger partial charge in [0.2, 0.25) is 5.91 Å². The van der Waals surface area contributed by atoms with Crippen molar-refractivity contribution in [2.24, 2.45) is 0 Å². The molecule has 0 aliphatic heterocycles. The van der Waals surface area contributed by atoms with E-state index in [1.54, 1.807) is 13.2 Å². The van der Waals surface area contributed by atoms with Gasteiger partial charge < -0.3 is 10.1 Å². The maximum absolute atomic E-state index is 13.2. The molecule has 0 fully saturated rings. The van der Waals surface area contributed by atoms with E-state index in [4.69, 9.17) is 4.74 Å². The molecule has 9 nitrogen and oxygen atoms in total. The van der Waals surface area contributed by atoms with Crippen molar-refractivity contribution in [3.8, 4) is 5.75 Å². The van der Waals surface area contributed by atoms with Crippen molar-refractivity contribution < 1.29 is 13.9 Å². The zero-order valence-corrected chi connectivity index (χ0v) is 15.9. The number of anilines is 1. The van der Waals surface area contributed by atoms with E-state index in [2.05, 4.69) is 20.6 Å². The predicted octanol–water partition coefficient (Wildman–Crippen LogP) is 1.82. The molecular weight excluding hydrogens is 391 g/mol. The number of methoxy groups -OCH3 is 1. The highest BCUT2D eigenvalue weighted by molar-refractivity contribution is 5.90. The summed E-state index contributed by atoms with van der Waals surface area (Å²) in [4.78, 5) is 29.1. The van der Waals surface area contributed by atoms with Gasteiger partial charge in [-0.25, -0.2) is 14.1 Å². The van der Waals surface area contributed by atoms with Crippen molar-refractivity contribution in [1.82, 2.24) is 24.5 Å². The third-order valence-corrected chi connectivity index (χ3v) is 4.38. The molecule has 1 N–H and O–H groups in total. The molecule has 2 heterocycles. The lowest BCUT2D eigenvalue weighted by Crippen LogP contribution is -2.28. The smallest absolute Gasteiger partial charge is 0.283 e. The molecule has 0 aliphatic rings. The molecule has 2 aromatic carbocycles. The molecule has 0 aliphatic carbocycles. The number of fused-ring (bicyclic) bond motifs is 1. The number of carbonyl (C=O) groups is 1. The molecule has 30 heavy (non-hydrogen) atoms. The molecule has 152 valence electrons. The fourth-order valence-corrected chi connectivity index (χ4v) is 2.97. The van der Waals surface area contributed by atoms with Gasteiger partial charge in [0.1, 0.15) is 24.4 Å². The minimum Gasteiger partial charge on any atom is -0.497 e. The monoisotopic (exact) mass is 408 g/mol. The van der Waals surface area contributed by atoms with Gasteiger partial charge >= 0.3 is 0 Å². The molecule has 0 bridgehead atoms. The Morgan fingerprint density at radius 3 is 2.83 bits per heavy atom. The second-order valence-electron chi connectivity index (χ2n) is 6.51. The summed E-state index contributed by atoms with van der Waals surface area (Å²) in [6.45, 7) is 0.0608. The van der Waals surface area contributed by atoms with Crippen LogP contribution in [-0.2, 0) is 17.9 Å². The standard InChI is InChI=1S/C20H17FN6O3/c1-30-16-7-2-4-13(8-16)10-27-19-18(24-25-27)20(29)26(12-22-19)11-17(28)23-15-6-3-5-14(21)9-15/h2-9,12H,10-11H2,1H3,(H,23,28). The lowest BCUT2D eigenvalue weighted by Gasteiger charge is -2.07. The zero-order valence-electron chi connectivity index (χ0n) is 15.9. The van der Waals surface area contributed by atoms with Crippen molar-refractivity contribution in [2.75, 3.05) is 12.4 Å². The van der Waals surface area contributed by atoms with E-state index >= 15 is 0 Å². The Bertz CT molecular complexity index is 1280. The second-order valence-corrected chi connectivity index (χ2v) is 6.51. The van der Waals surface area contributed by atoms with Gasteiger partial charge in [0.15, 0.2) is 11.2 Å². The van der Waals surface area contributed by atoms with Crippen molar-refractivity contribution in [1.29, 1.82) is 0 Å². The largest absolute Gasteiger partial charge is 0.497 e. The molecule has 1 amide bonds. The fourth-order valence-electron chi connectivity index (χ4n) is 2.97. The van der Waals surface area contributed by atoms with Crippen LogP contribution in [0.15, 0.2) is 59.7 Å². The summed E-state index contributed by atoms with van der Waals surface area (Å²) in [5.74, 6) is -0.259. The molecule has 0 spiro atoms. The first-order valence-electron chi connectivity index (χ1n) is 9.00. The summed E-state index contributed by atoms with van der Waals surface area (Å²) in [5, 5.41) is 10.5. The average molecular weight is 408 g/mol. The third-order valence-electron chi connectivity index (χ3n) is 4.38. The Morgan fingerprint density at radius 1 is 1.20 bits per heavy atom. The molecule has 10 heteroatoms. The number of hydrogen-bond acceptors (Lipinski definition) is 6. The zero-order chi connectivity index (χ0) is 21.1. The van der Waals surface area contributed by atoms with Crippen LogP contribution in [0.5, 0.6) is 5.75 Å². The first-order chi connectivity index (χ1) is 14.5. The maximum atomic E-state index is 13.2. The highest BCUT2D eigenvalue weighted by Crippen LogP contribution is 2.14. The van der Waals surface area contributed by atoms with E-state index in [9.17, 15) is 14.0 Å². The van der Waals surface area contributed by atoms with Crippen LogP contribution in [0.25, 0.3) is 11.2 Å². The van der Waals surface area contributed by atoms with Gasteiger partial charge in [-0.1, -0.05) is 23.4 Å². The lowest BCUT2D eigenvalue weighted by atomic mass is 10.2. The molecule has 0 saturated carbocycles. The molecule has 0 radical (unpaired) electrons. The van der Waals surface area contributed by atoms with Crippen LogP contribution in [0.3, 0.4) is 0 Å². The van der Waals surface area contributed by atoms with Crippen LogP contribution < -0.4 is 15.6 Å². The number of ether oxygens (including phenoxy) is 1. The van der Waals surface area contributed by atoms with Gasteiger partial charge in [-0.3, -0.25) is 14.2 Å². The highest BCUT2D eigenvalue weighted by atomic mass is 19.1. The number of benzene rings is 2. The average Bonchev–Trinajstić information content (AvgIpc) is 3.13. The molecule has 0 saturated heterocycles. The van der Waals surface area contributed by atoms with Crippen molar-refractivity contribution >= 4 is 22.8 Å². The number of aromatic nitrogens is 5.